The number of rotatable bonds is 6. The zero-order valence-electron chi connectivity index (χ0n) is 15.6. The minimum Gasteiger partial charge on any atom is -0.322 e. The summed E-state index contributed by atoms with van der Waals surface area (Å²) >= 11 is 4.14. The van der Waals surface area contributed by atoms with Crippen molar-refractivity contribution in [3.05, 3.63) is 65.4 Å². The Kier molecular flexibility index (Phi) is 6.07. The van der Waals surface area contributed by atoms with Crippen LogP contribution in [-0.4, -0.2) is 27.0 Å². The third-order valence-electron chi connectivity index (χ3n) is 4.05. The number of carbonyl (C=O) groups is 2. The van der Waals surface area contributed by atoms with Gasteiger partial charge in [-0.3, -0.25) is 9.59 Å². The molecule has 152 valence electrons. The molecule has 0 saturated carbocycles. The van der Waals surface area contributed by atoms with Gasteiger partial charge in [-0.1, -0.05) is 23.9 Å². The van der Waals surface area contributed by atoms with Crippen LogP contribution in [0, 0.1) is 5.82 Å². The largest absolute Gasteiger partial charge is 0.322 e. The molecule has 10 heteroatoms. The summed E-state index contributed by atoms with van der Waals surface area (Å²) in [5.41, 5.74) is 1.29. The Morgan fingerprint density at radius 3 is 2.77 bits per heavy atom. The SMILES string of the molecule is CC(Sc1nc2ccc(NC(=O)c3ccccc3F)cc2s1)C(=O)Nc1nccs1. The molecule has 0 fully saturated rings. The van der Waals surface area contributed by atoms with Crippen molar-refractivity contribution in [1.29, 1.82) is 0 Å². The molecule has 0 spiro atoms. The number of hydrogen-bond donors (Lipinski definition) is 2. The number of thioether (sulfide) groups is 1. The number of benzene rings is 2. The van der Waals surface area contributed by atoms with E-state index in [-0.39, 0.29) is 16.7 Å². The Hall–Kier alpha value is -2.82. The van der Waals surface area contributed by atoms with Crippen molar-refractivity contribution in [2.75, 3.05) is 10.6 Å². The minimum atomic E-state index is -0.572. The van der Waals surface area contributed by atoms with E-state index in [2.05, 4.69) is 20.6 Å². The van der Waals surface area contributed by atoms with Crippen LogP contribution in [0.4, 0.5) is 15.2 Å². The van der Waals surface area contributed by atoms with E-state index in [4.69, 9.17) is 0 Å². The first-order valence-electron chi connectivity index (χ1n) is 8.83. The molecule has 0 aliphatic rings. The van der Waals surface area contributed by atoms with Gasteiger partial charge >= 0.3 is 0 Å². The molecule has 4 rings (SSSR count). The van der Waals surface area contributed by atoms with Crippen LogP contribution >= 0.6 is 34.4 Å². The molecule has 2 heterocycles. The first kappa shape index (κ1) is 20.5. The lowest BCUT2D eigenvalue weighted by Crippen LogP contribution is -2.22. The van der Waals surface area contributed by atoms with E-state index in [1.807, 2.05) is 0 Å². The lowest BCUT2D eigenvalue weighted by Gasteiger charge is -2.07. The molecular formula is C20H15FN4O2S3. The molecule has 0 bridgehead atoms. The van der Waals surface area contributed by atoms with Crippen LogP contribution in [0.15, 0.2) is 58.4 Å². The maximum atomic E-state index is 13.8. The molecule has 0 aliphatic heterocycles. The van der Waals surface area contributed by atoms with Gasteiger partial charge in [-0.05, 0) is 37.3 Å². The Labute approximate surface area is 183 Å². The van der Waals surface area contributed by atoms with Crippen LogP contribution in [0.1, 0.15) is 17.3 Å². The monoisotopic (exact) mass is 458 g/mol. The van der Waals surface area contributed by atoms with Gasteiger partial charge in [0.05, 0.1) is 21.0 Å². The molecule has 2 aromatic heterocycles. The number of anilines is 2. The van der Waals surface area contributed by atoms with Gasteiger partial charge < -0.3 is 10.6 Å². The van der Waals surface area contributed by atoms with E-state index in [9.17, 15) is 14.0 Å². The number of halogens is 1. The molecule has 0 radical (unpaired) electrons. The number of carbonyl (C=O) groups excluding carboxylic acids is 2. The molecule has 2 aromatic carbocycles. The average molecular weight is 459 g/mol. The van der Waals surface area contributed by atoms with E-state index in [0.29, 0.717) is 10.8 Å². The van der Waals surface area contributed by atoms with E-state index >= 15 is 0 Å². The standard InChI is InChI=1S/C20H15FN4O2S3/c1-11(17(26)25-19-22-8-9-28-19)29-20-24-15-7-6-12(10-16(15)30-20)23-18(27)13-4-2-3-5-14(13)21/h2-11H,1H3,(H,23,27)(H,22,25,26). The number of aromatic nitrogens is 2. The average Bonchev–Trinajstić information content (AvgIpc) is 3.37. The van der Waals surface area contributed by atoms with E-state index < -0.39 is 11.7 Å². The predicted molar refractivity (Wildman–Crippen MR) is 120 cm³/mol. The van der Waals surface area contributed by atoms with Crippen LogP contribution in [0.3, 0.4) is 0 Å². The van der Waals surface area contributed by atoms with Gasteiger partial charge in [0.15, 0.2) is 9.47 Å². The number of nitrogens with one attached hydrogen (secondary N) is 2. The summed E-state index contributed by atoms with van der Waals surface area (Å²) < 4.78 is 15.4. The third-order valence-corrected chi connectivity index (χ3v) is 6.96. The van der Waals surface area contributed by atoms with Gasteiger partial charge in [0.2, 0.25) is 5.91 Å². The number of hydrogen-bond acceptors (Lipinski definition) is 7. The molecule has 30 heavy (non-hydrogen) atoms. The van der Waals surface area contributed by atoms with Crippen LogP contribution in [-0.2, 0) is 4.79 Å². The van der Waals surface area contributed by atoms with Crippen molar-refractivity contribution in [3.63, 3.8) is 0 Å². The smallest absolute Gasteiger partial charge is 0.258 e. The maximum Gasteiger partial charge on any atom is 0.258 e. The fraction of sp³-hybridized carbons (Fsp3) is 0.100. The molecule has 0 saturated heterocycles. The summed E-state index contributed by atoms with van der Waals surface area (Å²) in [5, 5.41) is 7.49. The highest BCUT2D eigenvalue weighted by Gasteiger charge is 2.18. The van der Waals surface area contributed by atoms with Crippen molar-refractivity contribution in [1.82, 2.24) is 9.97 Å². The molecular weight excluding hydrogens is 443 g/mol. The van der Waals surface area contributed by atoms with Gasteiger partial charge in [0.25, 0.3) is 5.91 Å². The second-order valence-corrected chi connectivity index (χ2v) is 9.70. The molecule has 0 aliphatic carbocycles. The molecule has 2 amide bonds. The number of amides is 2. The van der Waals surface area contributed by atoms with Crippen molar-refractivity contribution in [2.24, 2.45) is 0 Å². The van der Waals surface area contributed by atoms with Gasteiger partial charge in [0.1, 0.15) is 5.82 Å². The van der Waals surface area contributed by atoms with Crippen LogP contribution in [0.5, 0.6) is 0 Å². The minimum absolute atomic E-state index is 0.0155. The number of nitrogens with zero attached hydrogens (tertiary/aromatic N) is 2. The summed E-state index contributed by atoms with van der Waals surface area (Å²) in [6.07, 6.45) is 1.63. The highest BCUT2D eigenvalue weighted by atomic mass is 32.2. The summed E-state index contributed by atoms with van der Waals surface area (Å²) in [5.74, 6) is -1.23. The Balaban J connectivity index is 1.45. The zero-order chi connectivity index (χ0) is 21.1. The highest BCUT2D eigenvalue weighted by molar-refractivity contribution is 8.02. The fourth-order valence-electron chi connectivity index (χ4n) is 2.57. The quantitative estimate of drug-likeness (QED) is 0.385. The molecule has 6 nitrogen and oxygen atoms in total. The molecule has 1 atom stereocenters. The predicted octanol–water partition coefficient (Wildman–Crippen LogP) is 5.26. The maximum absolute atomic E-state index is 13.8. The first-order valence-corrected chi connectivity index (χ1v) is 11.4. The fourth-order valence-corrected chi connectivity index (χ4v) is 5.35. The third kappa shape index (κ3) is 4.66. The van der Waals surface area contributed by atoms with Crippen LogP contribution in [0.25, 0.3) is 10.2 Å². The van der Waals surface area contributed by atoms with Gasteiger partial charge in [-0.2, -0.15) is 0 Å². The lowest BCUT2D eigenvalue weighted by molar-refractivity contribution is -0.115. The van der Waals surface area contributed by atoms with E-state index in [1.54, 1.807) is 42.8 Å². The lowest BCUT2D eigenvalue weighted by atomic mass is 10.2. The Morgan fingerprint density at radius 2 is 2.00 bits per heavy atom. The topological polar surface area (TPSA) is 84.0 Å². The van der Waals surface area contributed by atoms with E-state index in [1.165, 1.54) is 52.6 Å². The second kappa shape index (κ2) is 8.90. The number of fused-ring (bicyclic) bond motifs is 1. The second-order valence-electron chi connectivity index (χ2n) is 6.18. The van der Waals surface area contributed by atoms with Crippen molar-refractivity contribution >= 4 is 67.3 Å². The van der Waals surface area contributed by atoms with Crippen molar-refractivity contribution in [3.8, 4) is 0 Å². The summed E-state index contributed by atoms with van der Waals surface area (Å²) in [7, 11) is 0. The summed E-state index contributed by atoms with van der Waals surface area (Å²) in [4.78, 5) is 33.2. The van der Waals surface area contributed by atoms with Crippen LogP contribution < -0.4 is 10.6 Å². The normalized spacial score (nSPS) is 11.9. The highest BCUT2D eigenvalue weighted by Crippen LogP contribution is 2.34. The summed E-state index contributed by atoms with van der Waals surface area (Å²) in [6, 6.07) is 11.1. The van der Waals surface area contributed by atoms with E-state index in [0.717, 1.165) is 14.6 Å². The first-order chi connectivity index (χ1) is 14.5. The summed E-state index contributed by atoms with van der Waals surface area (Å²) in [6.45, 7) is 1.81. The number of thiazole rings is 2. The zero-order valence-corrected chi connectivity index (χ0v) is 18.0. The Morgan fingerprint density at radius 1 is 1.17 bits per heavy atom. The van der Waals surface area contributed by atoms with Crippen LogP contribution in [0.2, 0.25) is 0 Å². The molecule has 2 N–H and O–H groups in total. The van der Waals surface area contributed by atoms with Gasteiger partial charge in [0, 0.05) is 17.3 Å². The van der Waals surface area contributed by atoms with Crippen molar-refractivity contribution < 1.29 is 14.0 Å². The van der Waals surface area contributed by atoms with Gasteiger partial charge in [-0.25, -0.2) is 14.4 Å². The van der Waals surface area contributed by atoms with Gasteiger partial charge in [-0.15, -0.1) is 22.7 Å². The molecule has 4 aromatic rings. The van der Waals surface area contributed by atoms with Crippen molar-refractivity contribution in [2.45, 2.75) is 16.5 Å². The Bertz CT molecular complexity index is 1210. The molecule has 1 unspecified atom stereocenters.